The van der Waals surface area contributed by atoms with Crippen LogP contribution in [0, 0.1) is 0 Å². The van der Waals surface area contributed by atoms with Crippen molar-refractivity contribution in [2.24, 2.45) is 0 Å². The van der Waals surface area contributed by atoms with Gasteiger partial charge in [-0.2, -0.15) is 0 Å². The van der Waals surface area contributed by atoms with Gasteiger partial charge in [0.2, 0.25) is 0 Å². The number of aliphatic carboxylic acids is 1. The third kappa shape index (κ3) is 2.93. The van der Waals surface area contributed by atoms with Gasteiger partial charge < -0.3 is 19.7 Å². The number of fused-ring (bicyclic) bond motifs is 1. The highest BCUT2D eigenvalue weighted by atomic mass is 16.5. The lowest BCUT2D eigenvalue weighted by Crippen LogP contribution is -2.28. The van der Waals surface area contributed by atoms with Gasteiger partial charge in [-0.25, -0.2) is 0 Å². The monoisotopic (exact) mass is 369 g/mol. The molecule has 1 aromatic heterocycles. The number of hydrogen-bond acceptors (Lipinski definition) is 4. The van der Waals surface area contributed by atoms with Gasteiger partial charge in [-0.05, 0) is 44.4 Å². The van der Waals surface area contributed by atoms with Gasteiger partial charge in [0.15, 0.2) is 18.3 Å². The third-order valence-corrected chi connectivity index (χ3v) is 5.44. The fourth-order valence-corrected chi connectivity index (χ4v) is 3.52. The van der Waals surface area contributed by atoms with Gasteiger partial charge in [0, 0.05) is 24.8 Å². The number of carboxylic acid groups (broad SMARTS) is 1. The molecule has 2 N–H and O–H groups in total. The maximum atomic E-state index is 12.6. The zero-order valence-electron chi connectivity index (χ0n) is 15.5. The van der Waals surface area contributed by atoms with Crippen LogP contribution in [0.2, 0.25) is 0 Å². The number of benzene rings is 1. The molecule has 0 bridgehead atoms. The quantitative estimate of drug-likeness (QED) is 0.865. The molecular formula is C20H23N3O4. The number of ether oxygens (including phenoxy) is 1. The summed E-state index contributed by atoms with van der Waals surface area (Å²) in [6.45, 7) is 5.31. The highest BCUT2D eigenvalue weighted by Gasteiger charge is 2.31. The zero-order valence-corrected chi connectivity index (χ0v) is 15.5. The Bertz CT molecular complexity index is 879. The Morgan fingerprint density at radius 1 is 1.15 bits per heavy atom. The zero-order chi connectivity index (χ0) is 19.2. The number of aromatic amines is 1. The summed E-state index contributed by atoms with van der Waals surface area (Å²) in [5.74, 6) is 0.552. The smallest absolute Gasteiger partial charge is 0.313 e. The van der Waals surface area contributed by atoms with Crippen molar-refractivity contribution >= 4 is 23.4 Å². The fourth-order valence-electron chi connectivity index (χ4n) is 3.52. The molecule has 0 unspecified atom stereocenters. The van der Waals surface area contributed by atoms with Crippen molar-refractivity contribution in [1.29, 1.82) is 0 Å². The molecule has 2 aliphatic heterocycles. The summed E-state index contributed by atoms with van der Waals surface area (Å²) >= 11 is 0. The minimum atomic E-state index is -0.951. The predicted molar refractivity (Wildman–Crippen MR) is 101 cm³/mol. The molecule has 0 saturated carbocycles. The number of hydrogen-bond donors (Lipinski definition) is 2. The number of aromatic nitrogens is 1. The molecule has 27 heavy (non-hydrogen) atoms. The van der Waals surface area contributed by atoms with Crippen LogP contribution in [-0.4, -0.2) is 46.7 Å². The van der Waals surface area contributed by atoms with Crippen LogP contribution in [0.1, 0.15) is 42.7 Å². The molecule has 0 radical (unpaired) electrons. The van der Waals surface area contributed by atoms with Crippen molar-refractivity contribution in [3.8, 4) is 5.75 Å². The van der Waals surface area contributed by atoms with Crippen LogP contribution in [0.3, 0.4) is 0 Å². The average Bonchev–Trinajstić information content (AvgIpc) is 3.38. The van der Waals surface area contributed by atoms with E-state index in [2.05, 4.69) is 4.98 Å². The average molecular weight is 369 g/mol. The number of anilines is 2. The van der Waals surface area contributed by atoms with Crippen molar-refractivity contribution in [2.75, 3.05) is 24.7 Å². The number of carbonyl (C=O) groups excluding carboxylic acids is 1. The lowest BCUT2D eigenvalue weighted by molar-refractivity contribution is -0.142. The lowest BCUT2D eigenvalue weighted by atomic mass is 9.85. The van der Waals surface area contributed by atoms with Crippen molar-refractivity contribution in [3.05, 3.63) is 41.6 Å². The Morgan fingerprint density at radius 2 is 1.81 bits per heavy atom. The number of H-pyrrole nitrogens is 1. The molecule has 0 atom stereocenters. The summed E-state index contributed by atoms with van der Waals surface area (Å²) in [5, 5.41) is 9.38. The highest BCUT2D eigenvalue weighted by molar-refractivity contribution is 5.95. The molecule has 2 aromatic rings. The van der Waals surface area contributed by atoms with Crippen molar-refractivity contribution in [1.82, 2.24) is 9.88 Å². The van der Waals surface area contributed by atoms with E-state index in [1.807, 2.05) is 34.1 Å². The normalized spacial score (nSPS) is 16.4. The molecule has 2 aliphatic rings. The first-order chi connectivity index (χ1) is 12.9. The molecular weight excluding hydrogens is 346 g/mol. The van der Waals surface area contributed by atoms with E-state index in [0.717, 1.165) is 43.0 Å². The van der Waals surface area contributed by atoms with E-state index in [4.69, 9.17) is 4.74 Å². The summed E-state index contributed by atoms with van der Waals surface area (Å²) in [7, 11) is 0. The summed E-state index contributed by atoms with van der Waals surface area (Å²) in [6.07, 6.45) is 2.10. The third-order valence-electron chi connectivity index (χ3n) is 5.44. The molecule has 1 aromatic carbocycles. The van der Waals surface area contributed by atoms with E-state index in [1.165, 1.54) is 0 Å². The molecule has 3 heterocycles. The van der Waals surface area contributed by atoms with Crippen molar-refractivity contribution < 1.29 is 19.4 Å². The second-order valence-electron chi connectivity index (χ2n) is 7.57. The van der Waals surface area contributed by atoms with Crippen molar-refractivity contribution in [3.63, 3.8) is 0 Å². The van der Waals surface area contributed by atoms with Gasteiger partial charge >= 0.3 is 5.97 Å². The van der Waals surface area contributed by atoms with Crippen molar-refractivity contribution in [2.45, 2.75) is 32.1 Å². The number of amides is 1. The summed E-state index contributed by atoms with van der Waals surface area (Å²) in [6, 6.07) is 9.15. The minimum absolute atomic E-state index is 0.00371. The van der Waals surface area contributed by atoms with Gasteiger partial charge in [-0.3, -0.25) is 14.5 Å². The van der Waals surface area contributed by atoms with Gasteiger partial charge in [0.1, 0.15) is 5.69 Å². The first-order valence-electron chi connectivity index (χ1n) is 9.14. The Morgan fingerprint density at radius 3 is 2.44 bits per heavy atom. The first kappa shape index (κ1) is 17.5. The van der Waals surface area contributed by atoms with Crippen LogP contribution < -0.4 is 9.64 Å². The van der Waals surface area contributed by atoms with Gasteiger partial charge in [-0.15, -0.1) is 0 Å². The van der Waals surface area contributed by atoms with E-state index in [9.17, 15) is 14.7 Å². The minimum Gasteiger partial charge on any atom is -0.481 e. The topological polar surface area (TPSA) is 85.9 Å². The molecule has 1 amide bonds. The Hall–Kier alpha value is -2.96. The lowest BCUT2D eigenvalue weighted by Gasteiger charge is -2.22. The van der Waals surface area contributed by atoms with Crippen LogP contribution in [-0.2, 0) is 10.2 Å². The number of rotatable bonds is 4. The summed E-state index contributed by atoms with van der Waals surface area (Å²) in [5.41, 5.74) is 1.19. The Labute approximate surface area is 157 Å². The molecule has 4 rings (SSSR count). The second kappa shape index (κ2) is 6.33. The van der Waals surface area contributed by atoms with E-state index in [0.29, 0.717) is 18.2 Å². The molecule has 142 valence electrons. The summed E-state index contributed by atoms with van der Waals surface area (Å²) < 4.78 is 5.72. The number of likely N-dealkylation sites (tertiary alicyclic amines) is 1. The van der Waals surface area contributed by atoms with Gasteiger partial charge in [0.25, 0.3) is 5.91 Å². The van der Waals surface area contributed by atoms with Crippen LogP contribution in [0.15, 0.2) is 30.3 Å². The number of nitrogens with zero attached hydrogens (tertiary/aromatic N) is 2. The Balaban J connectivity index is 1.57. The summed E-state index contributed by atoms with van der Waals surface area (Å²) in [4.78, 5) is 31.0. The van der Waals surface area contributed by atoms with E-state index >= 15 is 0 Å². The maximum absolute atomic E-state index is 12.6. The standard InChI is InChI=1S/C20H23N3O4/c1-20(2,19(25)26)13-5-7-14(8-6-13)23-12-27-16-11-15(21-17(16)23)18(24)22-9-3-4-10-22/h5-8,11,21H,3-4,9-10,12H2,1-2H3,(H,25,26). The van der Waals surface area contributed by atoms with Crippen LogP contribution in [0.4, 0.5) is 11.5 Å². The molecule has 0 aliphatic carbocycles. The molecule has 0 spiro atoms. The first-order valence-corrected chi connectivity index (χ1v) is 9.14. The van der Waals surface area contributed by atoms with Gasteiger partial charge in [0.05, 0.1) is 5.41 Å². The molecule has 7 nitrogen and oxygen atoms in total. The molecule has 7 heteroatoms. The molecule has 1 fully saturated rings. The largest absolute Gasteiger partial charge is 0.481 e. The van der Waals surface area contributed by atoms with Crippen LogP contribution >= 0.6 is 0 Å². The van der Waals surface area contributed by atoms with Crippen LogP contribution in [0.5, 0.6) is 5.75 Å². The number of carbonyl (C=O) groups is 2. The highest BCUT2D eigenvalue weighted by Crippen LogP contribution is 2.39. The van der Waals surface area contributed by atoms with E-state index < -0.39 is 11.4 Å². The Kier molecular flexibility index (Phi) is 4.09. The number of nitrogens with one attached hydrogen (secondary N) is 1. The predicted octanol–water partition coefficient (Wildman–Crippen LogP) is 3.10. The SMILES string of the molecule is CC(C)(C(=O)O)c1ccc(N2COc3cc(C(=O)N4CCCC4)[nH]c32)cc1. The maximum Gasteiger partial charge on any atom is 0.313 e. The van der Waals surface area contributed by atoms with Gasteiger partial charge in [-0.1, -0.05) is 12.1 Å². The van der Waals surface area contributed by atoms with E-state index in [1.54, 1.807) is 19.9 Å². The second-order valence-corrected chi connectivity index (χ2v) is 7.57. The fraction of sp³-hybridized carbons (Fsp3) is 0.400. The molecule has 1 saturated heterocycles. The van der Waals surface area contributed by atoms with E-state index in [-0.39, 0.29) is 5.91 Å². The number of carboxylic acids is 1. The van der Waals surface area contributed by atoms with Crippen LogP contribution in [0.25, 0.3) is 0 Å².